The summed E-state index contributed by atoms with van der Waals surface area (Å²) in [5.41, 5.74) is 2.26. The number of rotatable bonds is 8. The Balaban J connectivity index is 2.00. The molecular weight excluding hydrogens is 296 g/mol. The van der Waals surface area contributed by atoms with E-state index in [2.05, 4.69) is 32.9 Å². The number of Topliss-reactive ketones (excluding diaryl/α,β-unsaturated/α-hetero) is 1. The highest BCUT2D eigenvalue weighted by Crippen LogP contribution is 2.39. The number of aromatic hydroxyl groups is 1. The van der Waals surface area contributed by atoms with Gasteiger partial charge in [0.1, 0.15) is 11.5 Å². The van der Waals surface area contributed by atoms with Crippen molar-refractivity contribution in [3.8, 4) is 5.75 Å². The number of hydrogen-bond donors (Lipinski definition) is 1. The van der Waals surface area contributed by atoms with Crippen LogP contribution < -0.4 is 0 Å². The van der Waals surface area contributed by atoms with Crippen molar-refractivity contribution >= 4 is 5.78 Å². The van der Waals surface area contributed by atoms with E-state index >= 15 is 0 Å². The molecule has 1 fully saturated rings. The minimum Gasteiger partial charge on any atom is -0.508 e. The van der Waals surface area contributed by atoms with Crippen molar-refractivity contribution in [1.82, 2.24) is 0 Å². The maximum atomic E-state index is 11.7. The third kappa shape index (κ3) is 5.09. The van der Waals surface area contributed by atoms with E-state index in [1.165, 1.54) is 37.7 Å². The molecule has 0 aliphatic heterocycles. The molecule has 1 aromatic rings. The molecular formula is C22H34O2. The molecule has 1 aliphatic carbocycles. The van der Waals surface area contributed by atoms with E-state index in [1.54, 1.807) is 0 Å². The van der Waals surface area contributed by atoms with Crippen LogP contribution in [0.4, 0.5) is 0 Å². The monoisotopic (exact) mass is 330 g/mol. The average Bonchev–Trinajstić information content (AvgIpc) is 2.54. The Morgan fingerprint density at radius 3 is 2.58 bits per heavy atom. The van der Waals surface area contributed by atoms with Gasteiger partial charge in [0.25, 0.3) is 0 Å². The van der Waals surface area contributed by atoms with Crippen molar-refractivity contribution in [3.63, 3.8) is 0 Å². The molecule has 1 aliphatic rings. The molecule has 0 spiro atoms. The first-order valence-corrected chi connectivity index (χ1v) is 9.79. The van der Waals surface area contributed by atoms with Crippen LogP contribution in [0, 0.1) is 0 Å². The van der Waals surface area contributed by atoms with Crippen molar-refractivity contribution in [2.45, 2.75) is 96.3 Å². The molecule has 1 saturated carbocycles. The van der Waals surface area contributed by atoms with E-state index in [-0.39, 0.29) is 11.3 Å². The highest BCUT2D eigenvalue weighted by Gasteiger charge is 2.26. The van der Waals surface area contributed by atoms with Crippen LogP contribution >= 0.6 is 0 Å². The minimum absolute atomic E-state index is 0.0879. The van der Waals surface area contributed by atoms with Gasteiger partial charge in [0.15, 0.2) is 0 Å². The van der Waals surface area contributed by atoms with Crippen molar-refractivity contribution in [2.75, 3.05) is 0 Å². The summed E-state index contributed by atoms with van der Waals surface area (Å²) in [7, 11) is 0. The van der Waals surface area contributed by atoms with Gasteiger partial charge in [0.2, 0.25) is 0 Å². The fraction of sp³-hybridized carbons (Fsp3) is 0.682. The zero-order chi connectivity index (χ0) is 17.6. The molecule has 0 saturated heterocycles. The predicted octanol–water partition coefficient (Wildman–Crippen LogP) is 6.26. The number of hydrogen-bond acceptors (Lipinski definition) is 2. The van der Waals surface area contributed by atoms with Gasteiger partial charge in [-0.25, -0.2) is 0 Å². The lowest BCUT2D eigenvalue weighted by Crippen LogP contribution is -2.18. The van der Waals surface area contributed by atoms with E-state index in [0.29, 0.717) is 24.4 Å². The summed E-state index contributed by atoms with van der Waals surface area (Å²) in [5, 5.41) is 10.5. The Hall–Kier alpha value is -1.31. The molecule has 1 atom stereocenters. The molecule has 134 valence electrons. The first-order valence-electron chi connectivity index (χ1n) is 9.79. The number of unbranched alkanes of at least 4 members (excludes halogenated alkanes) is 4. The second-order valence-corrected chi connectivity index (χ2v) is 8.15. The van der Waals surface area contributed by atoms with Crippen LogP contribution in [-0.2, 0) is 10.2 Å². The molecule has 1 aromatic carbocycles. The molecule has 0 radical (unpaired) electrons. The number of carbonyl (C=O) groups excluding carboxylic acids is 1. The van der Waals surface area contributed by atoms with Gasteiger partial charge in [-0.15, -0.1) is 0 Å². The maximum Gasteiger partial charge on any atom is 0.133 e. The summed E-state index contributed by atoms with van der Waals surface area (Å²) in [6.45, 7) is 6.78. The third-order valence-electron chi connectivity index (χ3n) is 5.64. The standard InChI is InChI=1S/C22H34O2/c1-4-5-6-7-8-14-22(2,3)18-12-13-20(21(24)16-18)17-10-9-11-19(23)15-17/h12-13,16-17,24H,4-11,14-15H2,1-3H3. The normalized spacial score (nSPS) is 18.8. The summed E-state index contributed by atoms with van der Waals surface area (Å²) in [6, 6.07) is 6.17. The zero-order valence-electron chi connectivity index (χ0n) is 15.7. The summed E-state index contributed by atoms with van der Waals surface area (Å²) in [6.07, 6.45) is 10.9. The van der Waals surface area contributed by atoms with E-state index in [0.717, 1.165) is 24.8 Å². The lowest BCUT2D eigenvalue weighted by atomic mass is 9.77. The van der Waals surface area contributed by atoms with Gasteiger partial charge in [-0.1, -0.05) is 65.0 Å². The number of phenols is 1. The van der Waals surface area contributed by atoms with Gasteiger partial charge in [-0.05, 0) is 47.8 Å². The molecule has 0 amide bonds. The van der Waals surface area contributed by atoms with Crippen molar-refractivity contribution in [1.29, 1.82) is 0 Å². The molecule has 2 heteroatoms. The fourth-order valence-electron chi connectivity index (χ4n) is 3.91. The number of carbonyl (C=O) groups is 1. The van der Waals surface area contributed by atoms with Crippen molar-refractivity contribution in [2.24, 2.45) is 0 Å². The molecule has 1 unspecified atom stereocenters. The first kappa shape index (κ1) is 19.0. The molecule has 0 heterocycles. The van der Waals surface area contributed by atoms with Crippen LogP contribution in [0.25, 0.3) is 0 Å². The van der Waals surface area contributed by atoms with Crippen molar-refractivity contribution in [3.05, 3.63) is 29.3 Å². The van der Waals surface area contributed by atoms with E-state index in [9.17, 15) is 9.90 Å². The minimum atomic E-state index is 0.0879. The second-order valence-electron chi connectivity index (χ2n) is 8.15. The van der Waals surface area contributed by atoms with Gasteiger partial charge in [-0.2, -0.15) is 0 Å². The summed E-state index contributed by atoms with van der Waals surface area (Å²) in [5.74, 6) is 0.922. The largest absolute Gasteiger partial charge is 0.508 e. The quantitative estimate of drug-likeness (QED) is 0.571. The van der Waals surface area contributed by atoms with Crippen LogP contribution in [0.2, 0.25) is 0 Å². The Morgan fingerprint density at radius 1 is 1.17 bits per heavy atom. The van der Waals surface area contributed by atoms with Gasteiger partial charge in [0, 0.05) is 12.8 Å². The predicted molar refractivity (Wildman–Crippen MR) is 101 cm³/mol. The molecule has 24 heavy (non-hydrogen) atoms. The van der Waals surface area contributed by atoms with Gasteiger partial charge in [-0.3, -0.25) is 4.79 Å². The van der Waals surface area contributed by atoms with Crippen LogP contribution in [0.1, 0.15) is 102 Å². The third-order valence-corrected chi connectivity index (χ3v) is 5.64. The zero-order valence-corrected chi connectivity index (χ0v) is 15.7. The highest BCUT2D eigenvalue weighted by atomic mass is 16.3. The Kier molecular flexibility index (Phi) is 6.89. The Labute approximate surface area is 147 Å². The molecule has 2 rings (SSSR count). The number of ketones is 1. The van der Waals surface area contributed by atoms with Gasteiger partial charge < -0.3 is 5.11 Å². The lowest BCUT2D eigenvalue weighted by molar-refractivity contribution is -0.120. The summed E-state index contributed by atoms with van der Waals surface area (Å²) in [4.78, 5) is 11.7. The molecule has 2 nitrogen and oxygen atoms in total. The Bertz CT molecular complexity index is 545. The van der Waals surface area contributed by atoms with E-state index in [1.807, 2.05) is 6.07 Å². The fourth-order valence-corrected chi connectivity index (χ4v) is 3.91. The molecule has 0 bridgehead atoms. The number of phenolic OH excluding ortho intramolecular Hbond substituents is 1. The highest BCUT2D eigenvalue weighted by molar-refractivity contribution is 5.80. The van der Waals surface area contributed by atoms with Crippen LogP contribution in [-0.4, -0.2) is 10.9 Å². The van der Waals surface area contributed by atoms with Crippen molar-refractivity contribution < 1.29 is 9.90 Å². The smallest absolute Gasteiger partial charge is 0.133 e. The van der Waals surface area contributed by atoms with Crippen LogP contribution in [0.3, 0.4) is 0 Å². The molecule has 0 aromatic heterocycles. The SMILES string of the molecule is CCCCCCCC(C)(C)c1ccc(C2CCCC(=O)C2)c(O)c1. The lowest BCUT2D eigenvalue weighted by Gasteiger charge is -2.27. The summed E-state index contributed by atoms with van der Waals surface area (Å²) >= 11 is 0. The summed E-state index contributed by atoms with van der Waals surface area (Å²) < 4.78 is 0. The second kappa shape index (κ2) is 8.69. The average molecular weight is 331 g/mol. The van der Waals surface area contributed by atoms with E-state index < -0.39 is 0 Å². The Morgan fingerprint density at radius 2 is 1.92 bits per heavy atom. The maximum absolute atomic E-state index is 11.7. The van der Waals surface area contributed by atoms with E-state index in [4.69, 9.17) is 0 Å². The van der Waals surface area contributed by atoms with Crippen LogP contribution in [0.15, 0.2) is 18.2 Å². The molecule has 1 N–H and O–H groups in total. The number of benzene rings is 1. The van der Waals surface area contributed by atoms with Crippen LogP contribution in [0.5, 0.6) is 5.75 Å². The topological polar surface area (TPSA) is 37.3 Å². The first-order chi connectivity index (χ1) is 11.4. The van der Waals surface area contributed by atoms with Gasteiger partial charge in [0.05, 0.1) is 0 Å². The van der Waals surface area contributed by atoms with Gasteiger partial charge >= 0.3 is 0 Å².